The fourth-order valence-corrected chi connectivity index (χ4v) is 2.97. The number of ether oxygens (including phenoxy) is 1. The van der Waals surface area contributed by atoms with Gasteiger partial charge in [-0.1, -0.05) is 6.07 Å². The van der Waals surface area contributed by atoms with E-state index in [1.165, 1.54) is 31.0 Å². The molecule has 7 heteroatoms. The number of nitrogens with one attached hydrogen (secondary N) is 1. The summed E-state index contributed by atoms with van der Waals surface area (Å²) in [7, 11) is 1.96. The van der Waals surface area contributed by atoms with Crippen molar-refractivity contribution in [3.05, 3.63) is 35.4 Å². The number of likely N-dealkylation sites (N-methyl/N-ethyl adjacent to an activating group) is 1. The SMILES string of the molecule is CCN=C(NC1CC1c1c(F)cccc1F)N(C)CCOCC1CC1.I. The zero-order valence-corrected chi connectivity index (χ0v) is 17.7. The molecular weight excluding hydrogens is 451 g/mol. The zero-order chi connectivity index (χ0) is 17.8. The van der Waals surface area contributed by atoms with Gasteiger partial charge in [-0.3, -0.25) is 4.99 Å². The van der Waals surface area contributed by atoms with E-state index in [1.807, 2.05) is 18.9 Å². The lowest BCUT2D eigenvalue weighted by Gasteiger charge is -2.22. The first-order valence-corrected chi connectivity index (χ1v) is 9.14. The lowest BCUT2D eigenvalue weighted by molar-refractivity contribution is 0.115. The highest BCUT2D eigenvalue weighted by atomic mass is 127. The number of halogens is 3. The third-order valence-electron chi connectivity index (χ3n) is 4.77. The van der Waals surface area contributed by atoms with Gasteiger partial charge in [0.25, 0.3) is 0 Å². The van der Waals surface area contributed by atoms with E-state index in [-0.39, 0.29) is 41.5 Å². The van der Waals surface area contributed by atoms with Crippen LogP contribution in [-0.4, -0.2) is 50.3 Å². The van der Waals surface area contributed by atoms with Crippen molar-refractivity contribution in [1.82, 2.24) is 10.2 Å². The van der Waals surface area contributed by atoms with E-state index in [9.17, 15) is 8.78 Å². The summed E-state index contributed by atoms with van der Waals surface area (Å²) in [5, 5.41) is 3.34. The molecule has 2 aliphatic carbocycles. The molecule has 4 nitrogen and oxygen atoms in total. The largest absolute Gasteiger partial charge is 0.379 e. The normalized spacial score (nSPS) is 21.9. The molecule has 2 unspecified atom stereocenters. The van der Waals surface area contributed by atoms with Crippen molar-refractivity contribution in [2.45, 2.75) is 38.1 Å². The summed E-state index contributed by atoms with van der Waals surface area (Å²) in [4.78, 5) is 6.51. The number of nitrogens with zero attached hydrogens (tertiary/aromatic N) is 2. The van der Waals surface area contributed by atoms with Crippen LogP contribution in [0.15, 0.2) is 23.2 Å². The lowest BCUT2D eigenvalue weighted by Crippen LogP contribution is -2.42. The van der Waals surface area contributed by atoms with Crippen LogP contribution in [0.2, 0.25) is 0 Å². The average molecular weight is 479 g/mol. The Bertz CT molecular complexity index is 605. The van der Waals surface area contributed by atoms with Gasteiger partial charge in [0, 0.05) is 44.3 Å². The minimum absolute atomic E-state index is 0. The molecule has 0 amide bonds. The first kappa shape index (κ1) is 21.3. The second-order valence-electron chi connectivity index (χ2n) is 6.97. The van der Waals surface area contributed by atoms with Crippen LogP contribution in [0, 0.1) is 17.6 Å². The van der Waals surface area contributed by atoms with Gasteiger partial charge < -0.3 is 15.0 Å². The Kier molecular flexibility index (Phi) is 8.06. The van der Waals surface area contributed by atoms with Gasteiger partial charge in [0.2, 0.25) is 0 Å². The van der Waals surface area contributed by atoms with Crippen molar-refractivity contribution in [3.63, 3.8) is 0 Å². The van der Waals surface area contributed by atoms with Gasteiger partial charge in [0.15, 0.2) is 5.96 Å². The number of rotatable bonds is 8. The predicted molar refractivity (Wildman–Crippen MR) is 110 cm³/mol. The van der Waals surface area contributed by atoms with Crippen LogP contribution in [0.4, 0.5) is 8.78 Å². The quantitative estimate of drug-likeness (QED) is 0.267. The topological polar surface area (TPSA) is 36.9 Å². The maximum absolute atomic E-state index is 13.9. The van der Waals surface area contributed by atoms with Crippen LogP contribution in [0.1, 0.15) is 37.7 Å². The van der Waals surface area contributed by atoms with Crippen molar-refractivity contribution in [1.29, 1.82) is 0 Å². The zero-order valence-electron chi connectivity index (χ0n) is 15.4. The van der Waals surface area contributed by atoms with Crippen LogP contribution >= 0.6 is 24.0 Å². The smallest absolute Gasteiger partial charge is 0.193 e. The maximum atomic E-state index is 13.9. The highest BCUT2D eigenvalue weighted by Crippen LogP contribution is 2.43. The Labute approximate surface area is 171 Å². The third-order valence-corrected chi connectivity index (χ3v) is 4.77. The van der Waals surface area contributed by atoms with Gasteiger partial charge in [0.05, 0.1) is 6.61 Å². The Hall–Kier alpha value is -0.960. The van der Waals surface area contributed by atoms with E-state index in [4.69, 9.17) is 4.74 Å². The van der Waals surface area contributed by atoms with Crippen LogP contribution in [0.25, 0.3) is 0 Å². The van der Waals surface area contributed by atoms with E-state index in [2.05, 4.69) is 10.3 Å². The van der Waals surface area contributed by atoms with Gasteiger partial charge in [-0.2, -0.15) is 0 Å². The average Bonchev–Trinajstić information content (AvgIpc) is 3.48. The number of hydrogen-bond donors (Lipinski definition) is 1. The van der Waals surface area contributed by atoms with E-state index >= 15 is 0 Å². The van der Waals surface area contributed by atoms with Gasteiger partial charge in [-0.25, -0.2) is 8.78 Å². The molecule has 3 rings (SSSR count). The molecule has 2 atom stereocenters. The van der Waals surface area contributed by atoms with Gasteiger partial charge in [-0.15, -0.1) is 24.0 Å². The van der Waals surface area contributed by atoms with E-state index in [1.54, 1.807) is 0 Å². The van der Waals surface area contributed by atoms with Crippen molar-refractivity contribution in [2.24, 2.45) is 10.9 Å². The van der Waals surface area contributed by atoms with Crippen LogP contribution in [0.5, 0.6) is 0 Å². The number of benzene rings is 1. The molecule has 1 aromatic rings. The molecule has 0 heterocycles. The minimum Gasteiger partial charge on any atom is -0.379 e. The summed E-state index contributed by atoms with van der Waals surface area (Å²) in [6, 6.07) is 4.06. The van der Waals surface area contributed by atoms with Crippen molar-refractivity contribution in [3.8, 4) is 0 Å². The fraction of sp³-hybridized carbons (Fsp3) is 0.632. The van der Waals surface area contributed by atoms with Gasteiger partial charge >= 0.3 is 0 Å². The van der Waals surface area contributed by atoms with Crippen LogP contribution in [0.3, 0.4) is 0 Å². The highest BCUT2D eigenvalue weighted by Gasteiger charge is 2.42. The van der Waals surface area contributed by atoms with Crippen LogP contribution in [-0.2, 0) is 4.74 Å². The molecule has 0 aliphatic heterocycles. The molecular formula is C19H28F2IN3O. The minimum atomic E-state index is -0.467. The summed E-state index contributed by atoms with van der Waals surface area (Å²) in [6.07, 6.45) is 3.29. The van der Waals surface area contributed by atoms with Crippen molar-refractivity contribution >= 4 is 29.9 Å². The number of hydrogen-bond acceptors (Lipinski definition) is 2. The monoisotopic (exact) mass is 479 g/mol. The Morgan fingerprint density at radius 2 is 2.00 bits per heavy atom. The van der Waals surface area contributed by atoms with E-state index < -0.39 is 11.6 Å². The second-order valence-corrected chi connectivity index (χ2v) is 6.97. The standard InChI is InChI=1S/C19H27F2N3O.HI/c1-3-22-19(24(2)9-10-25-12-13-7-8-13)23-17-11-14(17)18-15(20)5-4-6-16(18)21;/h4-6,13-14,17H,3,7-12H2,1-2H3,(H,22,23);1H. The Balaban J connectivity index is 0.00000243. The van der Waals surface area contributed by atoms with Gasteiger partial charge in [0.1, 0.15) is 11.6 Å². The molecule has 2 fully saturated rings. The Morgan fingerprint density at radius 1 is 1.31 bits per heavy atom. The first-order valence-electron chi connectivity index (χ1n) is 9.14. The molecule has 26 heavy (non-hydrogen) atoms. The van der Waals surface area contributed by atoms with Crippen molar-refractivity contribution < 1.29 is 13.5 Å². The highest BCUT2D eigenvalue weighted by molar-refractivity contribution is 14.0. The summed E-state index contributed by atoms with van der Waals surface area (Å²) >= 11 is 0. The van der Waals surface area contributed by atoms with Crippen LogP contribution < -0.4 is 5.32 Å². The molecule has 1 N–H and O–H groups in total. The predicted octanol–water partition coefficient (Wildman–Crippen LogP) is 3.76. The fourth-order valence-electron chi connectivity index (χ4n) is 2.97. The summed E-state index contributed by atoms with van der Waals surface area (Å²) in [5.74, 6) is 0.454. The van der Waals surface area contributed by atoms with Crippen molar-refractivity contribution in [2.75, 3.05) is 33.4 Å². The molecule has 146 valence electrons. The van der Waals surface area contributed by atoms with Gasteiger partial charge in [-0.05, 0) is 44.2 Å². The molecule has 0 bridgehead atoms. The molecule has 0 aromatic heterocycles. The summed E-state index contributed by atoms with van der Waals surface area (Å²) in [6.45, 7) is 4.87. The number of guanidine groups is 1. The molecule has 2 saturated carbocycles. The molecule has 1 aromatic carbocycles. The number of aliphatic imine (C=N–C) groups is 1. The second kappa shape index (κ2) is 9.82. The van der Waals surface area contributed by atoms with E-state index in [0.29, 0.717) is 19.6 Å². The lowest BCUT2D eigenvalue weighted by atomic mass is 10.1. The maximum Gasteiger partial charge on any atom is 0.193 e. The first-order chi connectivity index (χ1) is 12.1. The Morgan fingerprint density at radius 3 is 2.62 bits per heavy atom. The molecule has 0 radical (unpaired) electrons. The molecule has 0 saturated heterocycles. The van der Waals surface area contributed by atoms with E-state index in [0.717, 1.165) is 25.0 Å². The third kappa shape index (κ3) is 5.77. The summed E-state index contributed by atoms with van der Waals surface area (Å²) in [5.41, 5.74) is 0.186. The molecule has 2 aliphatic rings. The molecule has 0 spiro atoms. The summed E-state index contributed by atoms with van der Waals surface area (Å²) < 4.78 is 33.5.